The van der Waals surface area contributed by atoms with Crippen molar-refractivity contribution in [3.05, 3.63) is 33.8 Å². The largest absolute Gasteiger partial charge is 0.416 e. The van der Waals surface area contributed by atoms with Crippen molar-refractivity contribution in [1.29, 1.82) is 0 Å². The van der Waals surface area contributed by atoms with Gasteiger partial charge in [0.1, 0.15) is 0 Å². The normalized spacial score (nSPS) is 16.6. The summed E-state index contributed by atoms with van der Waals surface area (Å²) < 4.78 is 38.5. The predicted molar refractivity (Wildman–Crippen MR) is 78.1 cm³/mol. The van der Waals surface area contributed by atoms with Gasteiger partial charge in [0.25, 0.3) is 5.91 Å². The summed E-state index contributed by atoms with van der Waals surface area (Å²) in [6.07, 6.45) is -0.217. The Balaban J connectivity index is 2.08. The minimum Gasteiger partial charge on any atom is -0.351 e. The maximum Gasteiger partial charge on any atom is 0.416 e. The molecule has 1 amide bonds. The van der Waals surface area contributed by atoms with E-state index in [1.807, 2.05) is 0 Å². The summed E-state index contributed by atoms with van der Waals surface area (Å²) in [5.41, 5.74) is -0.624. The van der Waals surface area contributed by atoms with E-state index < -0.39 is 17.6 Å². The molecule has 1 saturated carbocycles. The van der Waals surface area contributed by atoms with Crippen molar-refractivity contribution in [2.45, 2.75) is 38.8 Å². The quantitative estimate of drug-likeness (QED) is 0.801. The molecule has 0 aliphatic heterocycles. The van der Waals surface area contributed by atoms with E-state index in [9.17, 15) is 18.0 Å². The summed E-state index contributed by atoms with van der Waals surface area (Å²) in [5, 5.41) is 2.77. The molecule has 1 aliphatic rings. The summed E-state index contributed by atoms with van der Waals surface area (Å²) in [7, 11) is 0. The lowest BCUT2D eigenvalue weighted by molar-refractivity contribution is -0.137. The second kappa shape index (κ2) is 5.99. The summed E-state index contributed by atoms with van der Waals surface area (Å²) in [6.45, 7) is 2.62. The van der Waals surface area contributed by atoms with Gasteiger partial charge in [0.15, 0.2) is 0 Å². The first-order valence-electron chi connectivity index (χ1n) is 6.92. The molecule has 0 spiro atoms. The number of halogens is 4. The second-order valence-electron chi connectivity index (χ2n) is 5.63. The molecule has 116 valence electrons. The van der Waals surface area contributed by atoms with Crippen LogP contribution in [0.15, 0.2) is 22.7 Å². The molecular formula is C15H17BrF3NO. The summed E-state index contributed by atoms with van der Waals surface area (Å²) in [5.74, 6) is -0.463. The van der Waals surface area contributed by atoms with Crippen LogP contribution in [0.25, 0.3) is 0 Å². The Morgan fingerprint density at radius 3 is 2.57 bits per heavy atom. The molecule has 2 nitrogen and oxygen atoms in total. The monoisotopic (exact) mass is 363 g/mol. The van der Waals surface area contributed by atoms with Crippen LogP contribution < -0.4 is 5.32 Å². The van der Waals surface area contributed by atoms with Crippen molar-refractivity contribution in [2.24, 2.45) is 5.41 Å². The van der Waals surface area contributed by atoms with E-state index in [2.05, 4.69) is 28.2 Å². The molecule has 0 radical (unpaired) electrons. The Kier molecular flexibility index (Phi) is 4.66. The van der Waals surface area contributed by atoms with Gasteiger partial charge in [0.05, 0.1) is 11.1 Å². The molecule has 1 fully saturated rings. The van der Waals surface area contributed by atoms with Crippen LogP contribution in [0.3, 0.4) is 0 Å². The maximum atomic E-state index is 12.7. The van der Waals surface area contributed by atoms with Gasteiger partial charge in [-0.05, 0) is 58.8 Å². The fourth-order valence-electron chi connectivity index (χ4n) is 2.46. The zero-order valence-corrected chi connectivity index (χ0v) is 13.3. The van der Waals surface area contributed by atoms with Crippen LogP contribution in [0.1, 0.15) is 48.5 Å². The topological polar surface area (TPSA) is 29.1 Å². The van der Waals surface area contributed by atoms with Gasteiger partial charge < -0.3 is 5.32 Å². The lowest BCUT2D eigenvalue weighted by Crippen LogP contribution is -2.30. The van der Waals surface area contributed by atoms with Crippen molar-refractivity contribution in [1.82, 2.24) is 5.32 Å². The molecule has 1 aromatic carbocycles. The molecule has 0 atom stereocenters. The zero-order valence-electron chi connectivity index (χ0n) is 11.7. The molecule has 1 aromatic rings. The third-order valence-electron chi connectivity index (χ3n) is 3.90. The Bertz CT molecular complexity index is 538. The third-order valence-corrected chi connectivity index (χ3v) is 4.59. The van der Waals surface area contributed by atoms with E-state index in [1.54, 1.807) is 0 Å². The van der Waals surface area contributed by atoms with Crippen LogP contribution in [-0.2, 0) is 6.18 Å². The number of rotatable bonds is 5. The van der Waals surface area contributed by atoms with Crippen LogP contribution in [-0.4, -0.2) is 12.5 Å². The highest BCUT2D eigenvalue weighted by molar-refractivity contribution is 9.10. The molecule has 2 rings (SSSR count). The van der Waals surface area contributed by atoms with E-state index in [1.165, 1.54) is 6.07 Å². The smallest absolute Gasteiger partial charge is 0.351 e. The SMILES string of the molecule is CCCC1(CNC(=O)c2cc(C(F)(F)F)ccc2Br)CC1. The Hall–Kier alpha value is -1.04. The number of hydrogen-bond acceptors (Lipinski definition) is 1. The second-order valence-corrected chi connectivity index (χ2v) is 6.48. The Labute approximate surface area is 130 Å². The van der Waals surface area contributed by atoms with E-state index in [4.69, 9.17) is 0 Å². The lowest BCUT2D eigenvalue weighted by Gasteiger charge is -2.16. The maximum absolute atomic E-state index is 12.7. The molecule has 21 heavy (non-hydrogen) atoms. The molecular weight excluding hydrogens is 347 g/mol. The van der Waals surface area contributed by atoms with Crippen LogP contribution in [0.5, 0.6) is 0 Å². The van der Waals surface area contributed by atoms with Gasteiger partial charge in [0.2, 0.25) is 0 Å². The van der Waals surface area contributed by atoms with Crippen LogP contribution >= 0.6 is 15.9 Å². The van der Waals surface area contributed by atoms with E-state index in [0.717, 1.165) is 37.8 Å². The van der Waals surface area contributed by atoms with Crippen LogP contribution in [0.2, 0.25) is 0 Å². The fraction of sp³-hybridized carbons (Fsp3) is 0.533. The van der Waals surface area contributed by atoms with Gasteiger partial charge in [-0.15, -0.1) is 0 Å². The van der Waals surface area contributed by atoms with Gasteiger partial charge in [-0.2, -0.15) is 13.2 Å². The number of carbonyl (C=O) groups is 1. The third kappa shape index (κ3) is 3.99. The lowest BCUT2D eigenvalue weighted by atomic mass is 10.0. The number of carbonyl (C=O) groups excluding carboxylic acids is 1. The molecule has 0 aromatic heterocycles. The van der Waals surface area contributed by atoms with Gasteiger partial charge in [0, 0.05) is 11.0 Å². The fourth-order valence-corrected chi connectivity index (χ4v) is 2.89. The highest BCUT2D eigenvalue weighted by Crippen LogP contribution is 2.49. The number of benzene rings is 1. The summed E-state index contributed by atoms with van der Waals surface area (Å²) in [6, 6.07) is 3.11. The van der Waals surface area contributed by atoms with E-state index >= 15 is 0 Å². The van der Waals surface area contributed by atoms with Crippen molar-refractivity contribution in [3.63, 3.8) is 0 Å². The van der Waals surface area contributed by atoms with Crippen molar-refractivity contribution in [3.8, 4) is 0 Å². The highest BCUT2D eigenvalue weighted by atomic mass is 79.9. The van der Waals surface area contributed by atoms with Crippen molar-refractivity contribution < 1.29 is 18.0 Å². The number of alkyl halides is 3. The van der Waals surface area contributed by atoms with E-state index in [-0.39, 0.29) is 11.0 Å². The predicted octanol–water partition coefficient (Wildman–Crippen LogP) is 4.78. The number of nitrogens with one attached hydrogen (secondary N) is 1. The zero-order chi connectivity index (χ0) is 15.7. The molecule has 0 unspecified atom stereocenters. The molecule has 6 heteroatoms. The molecule has 1 aliphatic carbocycles. The van der Waals surface area contributed by atoms with Crippen LogP contribution in [0.4, 0.5) is 13.2 Å². The molecule has 1 N–H and O–H groups in total. The number of amides is 1. The van der Waals surface area contributed by atoms with Gasteiger partial charge in [-0.1, -0.05) is 13.3 Å². The molecule has 0 bridgehead atoms. The molecule has 0 heterocycles. The van der Waals surface area contributed by atoms with Gasteiger partial charge >= 0.3 is 6.18 Å². The summed E-state index contributed by atoms with van der Waals surface area (Å²) in [4.78, 5) is 12.1. The van der Waals surface area contributed by atoms with Gasteiger partial charge in [-0.3, -0.25) is 4.79 Å². The van der Waals surface area contributed by atoms with Crippen LogP contribution in [0, 0.1) is 5.41 Å². The number of hydrogen-bond donors (Lipinski definition) is 1. The summed E-state index contributed by atoms with van der Waals surface area (Å²) >= 11 is 3.14. The highest BCUT2D eigenvalue weighted by Gasteiger charge is 2.41. The standard InChI is InChI=1S/C15H17BrF3NO/c1-2-5-14(6-7-14)9-20-13(21)11-8-10(15(17,18)19)3-4-12(11)16/h3-4,8H,2,5-7,9H2,1H3,(H,20,21). The van der Waals surface area contributed by atoms with Crippen molar-refractivity contribution >= 4 is 21.8 Å². The Morgan fingerprint density at radius 1 is 1.38 bits per heavy atom. The van der Waals surface area contributed by atoms with E-state index in [0.29, 0.717) is 11.0 Å². The minimum absolute atomic E-state index is 0.0251. The first-order chi connectivity index (χ1) is 9.77. The average Bonchev–Trinajstić information content (AvgIpc) is 3.16. The first kappa shape index (κ1) is 16.3. The molecule has 0 saturated heterocycles. The van der Waals surface area contributed by atoms with Gasteiger partial charge in [-0.25, -0.2) is 0 Å². The Morgan fingerprint density at radius 2 is 2.05 bits per heavy atom. The van der Waals surface area contributed by atoms with Crippen molar-refractivity contribution in [2.75, 3.05) is 6.54 Å². The average molecular weight is 364 g/mol. The first-order valence-corrected chi connectivity index (χ1v) is 7.72. The minimum atomic E-state index is -4.45.